The molecule has 0 bridgehead atoms. The molecular weight excluding hydrogens is 514 g/mol. The fraction of sp³-hybridized carbons (Fsp3) is 0.516. The van der Waals surface area contributed by atoms with E-state index < -0.39 is 23.8 Å². The zero-order chi connectivity index (χ0) is 29.5. The van der Waals surface area contributed by atoms with Crippen LogP contribution in [0.15, 0.2) is 42.5 Å². The van der Waals surface area contributed by atoms with Gasteiger partial charge in [0.2, 0.25) is 5.91 Å². The second-order valence-corrected chi connectivity index (χ2v) is 11.7. The van der Waals surface area contributed by atoms with Crippen LogP contribution in [0.5, 0.6) is 0 Å². The van der Waals surface area contributed by atoms with Gasteiger partial charge in [0.15, 0.2) is 0 Å². The monoisotopic (exact) mass is 557 g/mol. The predicted molar refractivity (Wildman–Crippen MR) is 158 cm³/mol. The van der Waals surface area contributed by atoms with Gasteiger partial charge in [-0.1, -0.05) is 80.8 Å². The van der Waals surface area contributed by atoms with Gasteiger partial charge in [-0.15, -0.1) is 0 Å². The number of rotatable bonds is 10. The first-order chi connectivity index (χ1) is 18.2. The number of nitrogens with zero attached hydrogens (tertiary/aromatic N) is 1. The number of hydrogen-bond acceptors (Lipinski definition) is 4. The van der Waals surface area contributed by atoms with Crippen LogP contribution in [0, 0.1) is 19.8 Å². The van der Waals surface area contributed by atoms with E-state index in [1.807, 2.05) is 77.9 Å². The van der Waals surface area contributed by atoms with Crippen LogP contribution in [0.25, 0.3) is 0 Å². The van der Waals surface area contributed by atoms with Crippen LogP contribution in [0.1, 0.15) is 84.0 Å². The lowest BCUT2D eigenvalue weighted by molar-refractivity contribution is -0.144. The van der Waals surface area contributed by atoms with Crippen molar-refractivity contribution in [1.82, 2.24) is 10.2 Å². The zero-order valence-corrected chi connectivity index (χ0v) is 25.5. The molecule has 2 N–H and O–H groups in total. The third kappa shape index (κ3) is 8.72. The number of alkyl carbamates (subject to hydrolysis) is 1. The number of ether oxygens (including phenoxy) is 1. The smallest absolute Gasteiger partial charge is 0.408 e. The van der Waals surface area contributed by atoms with E-state index in [1.54, 1.807) is 31.7 Å². The highest BCUT2D eigenvalue weighted by Gasteiger charge is 2.40. The second-order valence-electron chi connectivity index (χ2n) is 11.2. The molecule has 39 heavy (non-hydrogen) atoms. The van der Waals surface area contributed by atoms with E-state index >= 15 is 0 Å². The van der Waals surface area contributed by atoms with E-state index in [-0.39, 0.29) is 23.8 Å². The highest BCUT2D eigenvalue weighted by atomic mass is 35.5. The molecule has 2 rings (SSSR count). The molecule has 3 amide bonds. The van der Waals surface area contributed by atoms with Crippen molar-refractivity contribution in [3.05, 3.63) is 64.2 Å². The summed E-state index contributed by atoms with van der Waals surface area (Å²) in [5.41, 5.74) is 2.22. The van der Waals surface area contributed by atoms with Gasteiger partial charge in [0.05, 0.1) is 10.7 Å². The van der Waals surface area contributed by atoms with E-state index in [1.165, 1.54) is 0 Å². The first-order valence-corrected chi connectivity index (χ1v) is 14.0. The number of amides is 3. The number of nitrogens with one attached hydrogen (secondary N) is 2. The van der Waals surface area contributed by atoms with Crippen molar-refractivity contribution in [2.75, 3.05) is 5.32 Å². The van der Waals surface area contributed by atoms with Crippen LogP contribution in [-0.2, 0) is 14.3 Å². The van der Waals surface area contributed by atoms with Gasteiger partial charge in [-0.2, -0.15) is 0 Å². The van der Waals surface area contributed by atoms with Crippen molar-refractivity contribution in [3.8, 4) is 0 Å². The number of carbonyl (C=O) groups excluding carboxylic acids is 3. The first-order valence-electron chi connectivity index (χ1n) is 13.6. The third-order valence-electron chi connectivity index (χ3n) is 6.83. The lowest BCUT2D eigenvalue weighted by Gasteiger charge is -2.39. The van der Waals surface area contributed by atoms with Crippen LogP contribution in [0.4, 0.5) is 10.5 Å². The Morgan fingerprint density at radius 3 is 2.18 bits per heavy atom. The number of carbonyl (C=O) groups is 3. The van der Waals surface area contributed by atoms with Crippen LogP contribution in [-0.4, -0.2) is 40.5 Å². The third-order valence-corrected chi connectivity index (χ3v) is 7.14. The number of benzene rings is 2. The Morgan fingerprint density at radius 1 is 1.00 bits per heavy atom. The van der Waals surface area contributed by atoms with Crippen molar-refractivity contribution in [3.63, 3.8) is 0 Å². The Balaban J connectivity index is 2.63. The minimum atomic E-state index is -0.963. The van der Waals surface area contributed by atoms with Gasteiger partial charge in [0, 0.05) is 6.04 Å². The Labute approximate surface area is 238 Å². The molecule has 0 heterocycles. The van der Waals surface area contributed by atoms with Crippen LogP contribution in [0.3, 0.4) is 0 Å². The van der Waals surface area contributed by atoms with Crippen molar-refractivity contribution >= 4 is 35.2 Å². The average molecular weight is 558 g/mol. The molecule has 0 radical (unpaired) electrons. The molecular formula is C31H44ClN3O4. The molecule has 7 nitrogen and oxygen atoms in total. The summed E-state index contributed by atoms with van der Waals surface area (Å²) in [5.74, 6) is -0.934. The fourth-order valence-corrected chi connectivity index (χ4v) is 4.60. The number of para-hydroxylation sites is 1. The molecule has 0 aliphatic heterocycles. The summed E-state index contributed by atoms with van der Waals surface area (Å²) in [4.78, 5) is 42.9. The number of anilines is 1. The van der Waals surface area contributed by atoms with Crippen molar-refractivity contribution in [2.24, 2.45) is 5.92 Å². The highest BCUT2D eigenvalue weighted by Crippen LogP contribution is 2.32. The van der Waals surface area contributed by atoms with E-state index in [0.29, 0.717) is 29.1 Å². The second kappa shape index (κ2) is 13.8. The Bertz CT molecular complexity index is 1140. The Hall–Kier alpha value is -3.06. The van der Waals surface area contributed by atoms with Gasteiger partial charge in [-0.3, -0.25) is 9.59 Å². The molecule has 0 saturated heterocycles. The quantitative estimate of drug-likeness (QED) is 0.323. The maximum atomic E-state index is 14.4. The Morgan fingerprint density at radius 2 is 1.64 bits per heavy atom. The topological polar surface area (TPSA) is 87.7 Å². The molecule has 214 valence electrons. The lowest BCUT2D eigenvalue weighted by atomic mass is 9.94. The molecule has 4 atom stereocenters. The SMILES string of the molecule is CCC(C)C(NC(=O)OC(C)(C)C)C(=O)N(C(C)CC)C(C(=O)Nc1c(C)cccc1Cl)c1cccc(C)c1. The fourth-order valence-electron chi connectivity index (χ4n) is 4.33. The molecule has 0 aromatic heterocycles. The predicted octanol–water partition coefficient (Wildman–Crippen LogP) is 7.20. The molecule has 4 unspecified atom stereocenters. The number of aryl methyl sites for hydroxylation is 2. The van der Waals surface area contributed by atoms with Gasteiger partial charge >= 0.3 is 6.09 Å². The summed E-state index contributed by atoms with van der Waals surface area (Å²) >= 11 is 6.45. The molecule has 0 saturated carbocycles. The molecule has 0 aliphatic rings. The molecule has 0 aliphatic carbocycles. The normalized spacial score (nSPS) is 14.5. The standard InChI is InChI=1S/C31H44ClN3O4/c1-10-20(4)26(34-30(38)39-31(7,8)9)29(37)35(22(6)11-2)27(23-16-12-14-19(3)18-23)28(36)33-25-21(5)15-13-17-24(25)32/h12-18,20,22,26-27H,10-11H2,1-9H3,(H,33,36)(H,34,38). The van der Waals surface area contributed by atoms with Gasteiger partial charge < -0.3 is 20.3 Å². The maximum absolute atomic E-state index is 14.4. The van der Waals surface area contributed by atoms with E-state index in [9.17, 15) is 14.4 Å². The van der Waals surface area contributed by atoms with E-state index in [0.717, 1.165) is 11.1 Å². The van der Waals surface area contributed by atoms with E-state index in [2.05, 4.69) is 10.6 Å². The van der Waals surface area contributed by atoms with Crippen molar-refractivity contribution < 1.29 is 19.1 Å². The highest BCUT2D eigenvalue weighted by molar-refractivity contribution is 6.34. The zero-order valence-electron chi connectivity index (χ0n) is 24.7. The van der Waals surface area contributed by atoms with Crippen LogP contribution < -0.4 is 10.6 Å². The Kier molecular flexibility index (Phi) is 11.4. The molecule has 0 fully saturated rings. The summed E-state index contributed by atoms with van der Waals surface area (Å²) in [7, 11) is 0. The van der Waals surface area contributed by atoms with Gasteiger partial charge in [-0.25, -0.2) is 4.79 Å². The van der Waals surface area contributed by atoms with Crippen LogP contribution in [0.2, 0.25) is 5.02 Å². The van der Waals surface area contributed by atoms with Crippen molar-refractivity contribution in [2.45, 2.75) is 98.9 Å². The number of hydrogen-bond donors (Lipinski definition) is 2. The molecule has 8 heteroatoms. The largest absolute Gasteiger partial charge is 0.444 e. The maximum Gasteiger partial charge on any atom is 0.408 e. The summed E-state index contributed by atoms with van der Waals surface area (Å²) in [6.07, 6.45) is 0.570. The van der Waals surface area contributed by atoms with Crippen molar-refractivity contribution in [1.29, 1.82) is 0 Å². The molecule has 2 aromatic rings. The first kappa shape index (κ1) is 32.2. The van der Waals surface area contributed by atoms with Gasteiger partial charge in [0.1, 0.15) is 17.7 Å². The summed E-state index contributed by atoms with van der Waals surface area (Å²) in [6.45, 7) is 16.9. The minimum absolute atomic E-state index is 0.205. The van der Waals surface area contributed by atoms with E-state index in [4.69, 9.17) is 16.3 Å². The minimum Gasteiger partial charge on any atom is -0.444 e. The molecule has 2 aromatic carbocycles. The van der Waals surface area contributed by atoms with Gasteiger partial charge in [0.25, 0.3) is 5.91 Å². The van der Waals surface area contributed by atoms with Gasteiger partial charge in [-0.05, 0) is 71.1 Å². The summed E-state index contributed by atoms with van der Waals surface area (Å²) < 4.78 is 5.48. The summed E-state index contributed by atoms with van der Waals surface area (Å²) in [5, 5.41) is 6.20. The van der Waals surface area contributed by atoms with Crippen LogP contribution >= 0.6 is 11.6 Å². The number of halogens is 1. The molecule has 0 spiro atoms. The lowest BCUT2D eigenvalue weighted by Crippen LogP contribution is -2.56. The average Bonchev–Trinajstić information content (AvgIpc) is 2.85. The summed E-state index contributed by atoms with van der Waals surface area (Å²) in [6, 6.07) is 10.8.